The third kappa shape index (κ3) is 1.85. The molecule has 0 bridgehead atoms. The van der Waals surface area contributed by atoms with Crippen LogP contribution >= 0.6 is 0 Å². The normalized spacial score (nSPS) is 23.1. The van der Waals surface area contributed by atoms with E-state index in [0.717, 1.165) is 12.8 Å². The van der Waals surface area contributed by atoms with Crippen LogP contribution in [0.5, 0.6) is 0 Å². The van der Waals surface area contributed by atoms with Crippen LogP contribution in [-0.4, -0.2) is 29.0 Å². The average Bonchev–Trinajstić information content (AvgIpc) is 2.70. The van der Waals surface area contributed by atoms with Gasteiger partial charge in [-0.05, 0) is 18.3 Å². The number of hydrogen-bond acceptors (Lipinski definition) is 3. The van der Waals surface area contributed by atoms with Crippen molar-refractivity contribution in [3.63, 3.8) is 0 Å². The number of rotatable bonds is 1. The predicted molar refractivity (Wildman–Crippen MR) is 54.2 cm³/mol. The number of amides is 2. The second-order valence-corrected chi connectivity index (χ2v) is 5.75. The number of hydrogen-bond donors (Lipinski definition) is 0. The van der Waals surface area contributed by atoms with Gasteiger partial charge < -0.3 is 4.74 Å². The van der Waals surface area contributed by atoms with Gasteiger partial charge in [-0.1, -0.05) is 20.8 Å². The van der Waals surface area contributed by atoms with Crippen molar-refractivity contribution in [2.45, 2.75) is 45.6 Å². The van der Waals surface area contributed by atoms with Crippen LogP contribution in [0.15, 0.2) is 0 Å². The molecule has 1 aliphatic heterocycles. The van der Waals surface area contributed by atoms with E-state index in [1.807, 2.05) is 20.8 Å². The maximum Gasteiger partial charge on any atom is 0.417 e. The molecule has 0 atom stereocenters. The Labute approximate surface area is 89.6 Å². The zero-order valence-electron chi connectivity index (χ0n) is 9.50. The van der Waals surface area contributed by atoms with Crippen molar-refractivity contribution < 1.29 is 14.3 Å². The highest BCUT2D eigenvalue weighted by Crippen LogP contribution is 2.46. The second kappa shape index (κ2) is 2.97. The van der Waals surface area contributed by atoms with Gasteiger partial charge in [0.1, 0.15) is 6.61 Å². The fraction of sp³-hybridized carbons (Fsp3) is 0.818. The van der Waals surface area contributed by atoms with E-state index in [0.29, 0.717) is 13.0 Å². The topological polar surface area (TPSA) is 46.6 Å². The lowest BCUT2D eigenvalue weighted by molar-refractivity contribution is -0.131. The van der Waals surface area contributed by atoms with Crippen LogP contribution in [-0.2, 0) is 9.53 Å². The Bertz CT molecular complexity index is 312. The second-order valence-electron chi connectivity index (χ2n) is 5.75. The number of carbonyl (C=O) groups is 2. The molecule has 1 spiro atoms. The van der Waals surface area contributed by atoms with Gasteiger partial charge in [0.15, 0.2) is 0 Å². The quantitative estimate of drug-likeness (QED) is 0.665. The van der Waals surface area contributed by atoms with Crippen LogP contribution in [0.2, 0.25) is 0 Å². The summed E-state index contributed by atoms with van der Waals surface area (Å²) in [6, 6.07) is 0. The van der Waals surface area contributed by atoms with Gasteiger partial charge in [-0.2, -0.15) is 0 Å². The minimum atomic E-state index is -0.457. The lowest BCUT2D eigenvalue weighted by atomic mass is 9.91. The number of nitrogens with zero attached hydrogens (tertiary/aromatic N) is 1. The zero-order chi connectivity index (χ0) is 11.3. The Morgan fingerprint density at radius 3 is 2.53 bits per heavy atom. The molecule has 1 heterocycles. The fourth-order valence-corrected chi connectivity index (χ4v) is 1.93. The smallest absolute Gasteiger partial charge is 0.417 e. The molecule has 4 nitrogen and oxygen atoms in total. The molecule has 0 N–H and O–H groups in total. The molecule has 0 radical (unpaired) electrons. The monoisotopic (exact) mass is 211 g/mol. The third-order valence-electron chi connectivity index (χ3n) is 2.88. The summed E-state index contributed by atoms with van der Waals surface area (Å²) in [4.78, 5) is 24.7. The van der Waals surface area contributed by atoms with Crippen molar-refractivity contribution in [1.29, 1.82) is 0 Å². The van der Waals surface area contributed by atoms with Crippen LogP contribution in [0.1, 0.15) is 40.0 Å². The number of cyclic esters (lactones) is 1. The highest BCUT2D eigenvalue weighted by molar-refractivity contribution is 5.95. The third-order valence-corrected chi connectivity index (χ3v) is 2.88. The van der Waals surface area contributed by atoms with Gasteiger partial charge in [-0.15, -0.1) is 0 Å². The first-order valence-corrected chi connectivity index (χ1v) is 5.34. The first-order chi connectivity index (χ1) is 6.84. The van der Waals surface area contributed by atoms with E-state index in [2.05, 4.69) is 0 Å². The van der Waals surface area contributed by atoms with Crippen molar-refractivity contribution in [3.8, 4) is 0 Å². The molecule has 4 heteroatoms. The fourth-order valence-electron chi connectivity index (χ4n) is 1.93. The summed E-state index contributed by atoms with van der Waals surface area (Å²) in [5.41, 5.74) is -0.352. The van der Waals surface area contributed by atoms with Crippen molar-refractivity contribution in [2.75, 3.05) is 6.61 Å². The average molecular weight is 211 g/mol. The minimum Gasteiger partial charge on any atom is -0.447 e. The largest absolute Gasteiger partial charge is 0.447 e. The Hall–Kier alpha value is -1.06. The van der Waals surface area contributed by atoms with Crippen LogP contribution in [0.25, 0.3) is 0 Å². The number of imide groups is 1. The maximum atomic E-state index is 12.0. The molecule has 0 aromatic rings. The highest BCUT2D eigenvalue weighted by atomic mass is 16.6. The van der Waals surface area contributed by atoms with Gasteiger partial charge in [-0.3, -0.25) is 4.79 Å². The summed E-state index contributed by atoms with van der Waals surface area (Å²) in [6.07, 6.45) is 1.73. The lowest BCUT2D eigenvalue weighted by Crippen LogP contribution is -2.42. The number of ether oxygens (including phenoxy) is 1. The molecule has 0 aromatic carbocycles. The van der Waals surface area contributed by atoms with E-state index in [9.17, 15) is 9.59 Å². The summed E-state index contributed by atoms with van der Waals surface area (Å²) < 4.78 is 4.95. The Morgan fingerprint density at radius 1 is 1.47 bits per heavy atom. The van der Waals surface area contributed by atoms with E-state index in [4.69, 9.17) is 4.74 Å². The molecule has 2 amide bonds. The summed E-state index contributed by atoms with van der Waals surface area (Å²) in [5, 5.41) is 0. The van der Waals surface area contributed by atoms with Crippen LogP contribution < -0.4 is 0 Å². The standard InChI is InChI=1S/C11H17NO3/c1-10(2,3)6-8(13)12-9(14)15-7-11(12)4-5-11/h4-7H2,1-3H3. The maximum absolute atomic E-state index is 12.0. The van der Waals surface area contributed by atoms with Gasteiger partial charge in [0.05, 0.1) is 5.54 Å². The number of carbonyl (C=O) groups excluding carboxylic acids is 2. The molecular formula is C11H17NO3. The minimum absolute atomic E-state index is 0.0873. The Morgan fingerprint density at radius 2 is 2.07 bits per heavy atom. The molecule has 84 valence electrons. The van der Waals surface area contributed by atoms with E-state index in [-0.39, 0.29) is 16.9 Å². The Kier molecular flexibility index (Phi) is 2.07. The van der Waals surface area contributed by atoms with Crippen molar-refractivity contribution in [2.24, 2.45) is 5.41 Å². The van der Waals surface area contributed by atoms with Crippen molar-refractivity contribution in [3.05, 3.63) is 0 Å². The lowest BCUT2D eigenvalue weighted by Gasteiger charge is -2.23. The zero-order valence-corrected chi connectivity index (χ0v) is 9.50. The van der Waals surface area contributed by atoms with Crippen LogP contribution in [0, 0.1) is 5.41 Å². The predicted octanol–water partition coefficient (Wildman–Crippen LogP) is 1.93. The summed E-state index contributed by atoms with van der Waals surface area (Å²) in [6.45, 7) is 6.37. The summed E-state index contributed by atoms with van der Waals surface area (Å²) in [5.74, 6) is -0.0949. The van der Waals surface area contributed by atoms with Gasteiger partial charge in [0, 0.05) is 6.42 Å². The van der Waals surface area contributed by atoms with Crippen LogP contribution in [0.4, 0.5) is 4.79 Å². The highest BCUT2D eigenvalue weighted by Gasteiger charge is 2.59. The summed E-state index contributed by atoms with van der Waals surface area (Å²) in [7, 11) is 0. The van der Waals surface area contributed by atoms with Crippen molar-refractivity contribution in [1.82, 2.24) is 4.90 Å². The SMILES string of the molecule is CC(C)(C)CC(=O)N1C(=O)OCC12CC2. The molecule has 1 saturated carbocycles. The molecule has 1 saturated heterocycles. The van der Waals surface area contributed by atoms with E-state index in [1.165, 1.54) is 4.90 Å². The molecule has 0 aromatic heterocycles. The van der Waals surface area contributed by atoms with Crippen molar-refractivity contribution >= 4 is 12.0 Å². The first kappa shape index (κ1) is 10.5. The molecule has 2 rings (SSSR count). The molecule has 1 aliphatic carbocycles. The van der Waals surface area contributed by atoms with E-state index < -0.39 is 6.09 Å². The van der Waals surface area contributed by atoms with Gasteiger partial charge >= 0.3 is 6.09 Å². The molecule has 0 unspecified atom stereocenters. The molecule has 2 aliphatic rings. The van der Waals surface area contributed by atoms with Crippen LogP contribution in [0.3, 0.4) is 0 Å². The van der Waals surface area contributed by atoms with Gasteiger partial charge in [0.25, 0.3) is 0 Å². The Balaban J connectivity index is 2.09. The van der Waals surface area contributed by atoms with E-state index >= 15 is 0 Å². The van der Waals surface area contributed by atoms with Gasteiger partial charge in [0.2, 0.25) is 5.91 Å². The van der Waals surface area contributed by atoms with Gasteiger partial charge in [-0.25, -0.2) is 9.69 Å². The molecular weight excluding hydrogens is 194 g/mol. The summed E-state index contributed by atoms with van der Waals surface area (Å²) >= 11 is 0. The first-order valence-electron chi connectivity index (χ1n) is 5.34. The van der Waals surface area contributed by atoms with E-state index in [1.54, 1.807) is 0 Å². The molecule has 15 heavy (non-hydrogen) atoms. The molecule has 2 fully saturated rings.